The Labute approximate surface area is 185 Å². The van der Waals surface area contributed by atoms with Crippen molar-refractivity contribution in [3.63, 3.8) is 0 Å². The average molecular weight is 455 g/mol. The monoisotopic (exact) mass is 454 g/mol. The molecule has 9 heteroatoms. The maximum absolute atomic E-state index is 12.6. The normalized spacial score (nSPS) is 14.9. The molecule has 7 nitrogen and oxygen atoms in total. The molecule has 1 aromatic heterocycles. The van der Waals surface area contributed by atoms with Gasteiger partial charge >= 0.3 is 0 Å². The van der Waals surface area contributed by atoms with E-state index in [0.717, 1.165) is 34.5 Å². The summed E-state index contributed by atoms with van der Waals surface area (Å²) in [5.74, 6) is 0.190. The van der Waals surface area contributed by atoms with Crippen molar-refractivity contribution in [2.45, 2.75) is 30.6 Å². The molecule has 0 spiro atoms. The van der Waals surface area contributed by atoms with Crippen LogP contribution < -0.4 is 10.0 Å². The van der Waals surface area contributed by atoms with E-state index in [1.54, 1.807) is 18.2 Å². The maximum atomic E-state index is 12.6. The lowest BCUT2D eigenvalue weighted by Gasteiger charge is -2.10. The van der Waals surface area contributed by atoms with Gasteiger partial charge in [0.05, 0.1) is 15.1 Å². The summed E-state index contributed by atoms with van der Waals surface area (Å²) in [6.45, 7) is 0.646. The zero-order valence-electron chi connectivity index (χ0n) is 16.7. The number of nitrogens with one attached hydrogen (secondary N) is 2. The number of benzene rings is 2. The van der Waals surface area contributed by atoms with Gasteiger partial charge in [0.25, 0.3) is 10.0 Å². The summed E-state index contributed by atoms with van der Waals surface area (Å²) in [5, 5.41) is 3.47. The zero-order valence-corrected chi connectivity index (χ0v) is 18.4. The van der Waals surface area contributed by atoms with Crippen LogP contribution in [-0.2, 0) is 14.8 Å². The molecule has 0 saturated carbocycles. The van der Waals surface area contributed by atoms with Crippen molar-refractivity contribution >= 4 is 55.1 Å². The Bertz CT molecular complexity index is 1210. The van der Waals surface area contributed by atoms with Crippen LogP contribution in [0.5, 0.6) is 0 Å². The Kier molecular flexibility index (Phi) is 6.43. The van der Waals surface area contributed by atoms with Crippen molar-refractivity contribution in [1.29, 1.82) is 0 Å². The van der Waals surface area contributed by atoms with Crippen LogP contribution in [-0.4, -0.2) is 31.7 Å². The predicted octanol–water partition coefficient (Wildman–Crippen LogP) is 4.20. The van der Waals surface area contributed by atoms with Gasteiger partial charge in [-0.15, -0.1) is 11.3 Å². The van der Waals surface area contributed by atoms with Gasteiger partial charge in [-0.05, 0) is 55.3 Å². The number of thiazole rings is 1. The summed E-state index contributed by atoms with van der Waals surface area (Å²) in [6, 6.07) is 13.8. The number of carbonyl (C=O) groups is 1. The minimum absolute atomic E-state index is 0.127. The number of fused-ring (bicyclic) bond motifs is 1. The molecule has 1 aliphatic heterocycles. The van der Waals surface area contributed by atoms with Crippen LogP contribution in [0.4, 0.5) is 5.69 Å². The first kappa shape index (κ1) is 21.2. The molecular weight excluding hydrogens is 432 g/mol. The predicted molar refractivity (Wildman–Crippen MR) is 125 cm³/mol. The molecule has 2 aromatic carbocycles. The molecule has 0 unspecified atom stereocenters. The van der Waals surface area contributed by atoms with Gasteiger partial charge in [0.15, 0.2) is 0 Å². The average Bonchev–Trinajstić information content (AvgIpc) is 3.01. The smallest absolute Gasteiger partial charge is 0.262 e. The minimum atomic E-state index is -3.69. The van der Waals surface area contributed by atoms with Crippen molar-refractivity contribution in [2.24, 2.45) is 4.99 Å². The fraction of sp³-hybridized carbons (Fsp3) is 0.227. The van der Waals surface area contributed by atoms with E-state index in [9.17, 15) is 13.2 Å². The number of hydrogen-bond acceptors (Lipinski definition) is 6. The number of sulfonamides is 1. The van der Waals surface area contributed by atoms with E-state index in [4.69, 9.17) is 0 Å². The molecule has 4 rings (SSSR count). The molecule has 0 atom stereocenters. The first-order valence-electron chi connectivity index (χ1n) is 10.0. The van der Waals surface area contributed by atoms with Gasteiger partial charge < -0.3 is 5.32 Å². The lowest BCUT2D eigenvalue weighted by atomic mass is 10.2. The van der Waals surface area contributed by atoms with Gasteiger partial charge in [0, 0.05) is 24.7 Å². The maximum Gasteiger partial charge on any atom is 0.262 e. The van der Waals surface area contributed by atoms with Crippen molar-refractivity contribution < 1.29 is 13.2 Å². The lowest BCUT2D eigenvalue weighted by molar-refractivity contribution is -0.111. The zero-order chi connectivity index (χ0) is 21.7. The number of anilines is 1. The van der Waals surface area contributed by atoms with Crippen LogP contribution in [0.25, 0.3) is 16.3 Å². The molecule has 0 bridgehead atoms. The topological polar surface area (TPSA) is 101 Å². The summed E-state index contributed by atoms with van der Waals surface area (Å²) in [7, 11) is -3.69. The second-order valence-corrected chi connectivity index (χ2v) is 9.86. The summed E-state index contributed by atoms with van der Waals surface area (Å²) >= 11 is 1.50. The number of amidine groups is 1. The highest BCUT2D eigenvalue weighted by atomic mass is 32.2. The number of para-hydroxylation sites is 1. The first-order chi connectivity index (χ1) is 15.0. The van der Waals surface area contributed by atoms with E-state index < -0.39 is 10.0 Å². The third-order valence-corrected chi connectivity index (χ3v) is 7.15. The second kappa shape index (κ2) is 9.40. The van der Waals surface area contributed by atoms with E-state index in [1.807, 2.05) is 24.3 Å². The molecule has 1 amide bonds. The molecule has 160 valence electrons. The summed E-state index contributed by atoms with van der Waals surface area (Å²) in [6.07, 6.45) is 6.67. The van der Waals surface area contributed by atoms with Crippen molar-refractivity contribution in [1.82, 2.24) is 9.71 Å². The third kappa shape index (κ3) is 5.56. The molecule has 2 heterocycles. The van der Waals surface area contributed by atoms with Gasteiger partial charge in [0.2, 0.25) is 5.91 Å². The fourth-order valence-corrected chi connectivity index (χ4v) is 5.14. The molecule has 0 radical (unpaired) electrons. The summed E-state index contributed by atoms with van der Waals surface area (Å²) < 4.78 is 28.8. The summed E-state index contributed by atoms with van der Waals surface area (Å²) in [4.78, 5) is 21.1. The van der Waals surface area contributed by atoms with Crippen LogP contribution in [0.1, 0.15) is 30.7 Å². The van der Waals surface area contributed by atoms with E-state index in [2.05, 4.69) is 20.0 Å². The highest BCUT2D eigenvalue weighted by Gasteiger charge is 2.17. The molecule has 0 saturated heterocycles. The van der Waals surface area contributed by atoms with E-state index in [0.29, 0.717) is 24.5 Å². The van der Waals surface area contributed by atoms with Crippen LogP contribution in [0.15, 0.2) is 64.5 Å². The Morgan fingerprint density at radius 1 is 1.03 bits per heavy atom. The number of hydrogen-bond donors (Lipinski definition) is 2. The first-order valence-corrected chi connectivity index (χ1v) is 12.3. The summed E-state index contributed by atoms with van der Waals surface area (Å²) in [5.41, 5.74) is 1.40. The van der Waals surface area contributed by atoms with Crippen molar-refractivity contribution in [2.75, 3.05) is 11.9 Å². The second-order valence-electron chi connectivity index (χ2n) is 7.11. The van der Waals surface area contributed by atoms with Crippen LogP contribution >= 0.6 is 11.3 Å². The molecule has 2 N–H and O–H groups in total. The van der Waals surface area contributed by atoms with Crippen LogP contribution in [0, 0.1) is 0 Å². The van der Waals surface area contributed by atoms with E-state index >= 15 is 0 Å². The van der Waals surface area contributed by atoms with Gasteiger partial charge in [-0.1, -0.05) is 18.6 Å². The number of aromatic nitrogens is 1. The van der Waals surface area contributed by atoms with E-state index in [1.165, 1.54) is 29.5 Å². The molecule has 0 aliphatic carbocycles. The number of amides is 1. The highest BCUT2D eigenvalue weighted by molar-refractivity contribution is 7.90. The third-order valence-electron chi connectivity index (χ3n) is 4.75. The largest absolute Gasteiger partial charge is 0.323 e. The van der Waals surface area contributed by atoms with Crippen LogP contribution in [0.3, 0.4) is 0 Å². The van der Waals surface area contributed by atoms with Crippen molar-refractivity contribution in [3.05, 3.63) is 59.6 Å². The molecule has 31 heavy (non-hydrogen) atoms. The van der Waals surface area contributed by atoms with Crippen molar-refractivity contribution in [3.8, 4) is 0 Å². The number of rotatable bonds is 5. The Balaban J connectivity index is 1.38. The van der Waals surface area contributed by atoms with Gasteiger partial charge in [0.1, 0.15) is 10.8 Å². The Morgan fingerprint density at radius 3 is 2.65 bits per heavy atom. The van der Waals surface area contributed by atoms with E-state index in [-0.39, 0.29) is 10.8 Å². The number of nitrogens with zero attached hydrogens (tertiary/aromatic N) is 2. The minimum Gasteiger partial charge on any atom is -0.323 e. The van der Waals surface area contributed by atoms with Gasteiger partial charge in [-0.2, -0.15) is 0 Å². The molecule has 3 aromatic rings. The Hall–Kier alpha value is -3.04. The van der Waals surface area contributed by atoms with Gasteiger partial charge in [-0.25, -0.2) is 13.4 Å². The van der Waals surface area contributed by atoms with Gasteiger partial charge in [-0.3, -0.25) is 14.5 Å². The molecule has 1 aliphatic rings. The number of aliphatic imine (C=N–C) groups is 1. The van der Waals surface area contributed by atoms with Crippen LogP contribution in [0.2, 0.25) is 0 Å². The standard InChI is InChI=1S/C22H22N4O3S2/c27-21(13-14-22-25-18-6-3-4-7-19(18)30-22)24-16-9-11-17(12-10-16)31(28,29)26-20-8-2-1-5-15-23-20/h3-4,6-7,9-14H,1-2,5,8,15H2,(H,23,26)(H,24,27)/b14-13+. The molecule has 0 fully saturated rings. The molecular formula is C22H22N4O3S2. The Morgan fingerprint density at radius 2 is 1.84 bits per heavy atom. The highest BCUT2D eigenvalue weighted by Crippen LogP contribution is 2.22. The number of carbonyl (C=O) groups excluding carboxylic acids is 1. The SMILES string of the molecule is O=C(/C=C/c1nc2ccccc2s1)Nc1ccc(S(=O)(=O)NC2=NCCCCC2)cc1. The lowest BCUT2D eigenvalue weighted by Crippen LogP contribution is -2.30. The quantitative estimate of drug-likeness (QED) is 0.564. The fourth-order valence-electron chi connectivity index (χ4n) is 3.18.